The molecule has 6 nitrogen and oxygen atoms in total. The van der Waals surface area contributed by atoms with Crippen molar-refractivity contribution >= 4 is 16.0 Å². The average Bonchev–Trinajstić information content (AvgIpc) is 2.38. The minimum atomic E-state index is -4.02. The first-order chi connectivity index (χ1) is 9.65. The Balaban J connectivity index is 3.20. The first-order valence-corrected chi connectivity index (χ1v) is 7.81. The molecular formula is C13H18FNO5S. The van der Waals surface area contributed by atoms with E-state index in [2.05, 4.69) is 4.72 Å². The highest BCUT2D eigenvalue weighted by atomic mass is 32.2. The Kier molecular flexibility index (Phi) is 5.43. The normalized spacial score (nSPS) is 14.7. The molecule has 0 saturated carbocycles. The standard InChI is InChI=1S/C13H18FNO5S/c1-3-13(2,6-7-16)15-21(19,20)9-4-5-11(14)10(8-9)12(17)18/h4-5,8,15-16H,3,6-7H2,1-2H3,(H,17,18). The molecule has 1 unspecified atom stereocenters. The van der Waals surface area contributed by atoms with E-state index in [1.165, 1.54) is 0 Å². The summed E-state index contributed by atoms with van der Waals surface area (Å²) in [6, 6.07) is 2.57. The van der Waals surface area contributed by atoms with E-state index in [1.807, 2.05) is 0 Å². The van der Waals surface area contributed by atoms with Crippen molar-refractivity contribution < 1.29 is 27.8 Å². The maximum atomic E-state index is 13.3. The number of sulfonamides is 1. The molecule has 0 amide bonds. The van der Waals surface area contributed by atoms with E-state index in [1.54, 1.807) is 13.8 Å². The molecule has 1 aromatic rings. The number of aliphatic hydroxyl groups is 1. The largest absolute Gasteiger partial charge is 0.478 e. The molecule has 118 valence electrons. The number of carbonyl (C=O) groups is 1. The minimum Gasteiger partial charge on any atom is -0.478 e. The van der Waals surface area contributed by atoms with Gasteiger partial charge in [0.05, 0.1) is 10.5 Å². The topological polar surface area (TPSA) is 104 Å². The number of hydrogen-bond acceptors (Lipinski definition) is 4. The van der Waals surface area contributed by atoms with Gasteiger partial charge in [0.2, 0.25) is 10.0 Å². The summed E-state index contributed by atoms with van der Waals surface area (Å²) in [7, 11) is -4.02. The van der Waals surface area contributed by atoms with Gasteiger partial charge in [-0.25, -0.2) is 22.3 Å². The van der Waals surface area contributed by atoms with Crippen LogP contribution in [0.1, 0.15) is 37.0 Å². The predicted octanol–water partition coefficient (Wildman–Crippen LogP) is 1.35. The third kappa shape index (κ3) is 4.23. The van der Waals surface area contributed by atoms with Crippen LogP contribution in [0, 0.1) is 5.82 Å². The Hall–Kier alpha value is -1.51. The van der Waals surface area contributed by atoms with Crippen molar-refractivity contribution in [3.8, 4) is 0 Å². The highest BCUT2D eigenvalue weighted by Crippen LogP contribution is 2.21. The van der Waals surface area contributed by atoms with Crippen LogP contribution in [0.3, 0.4) is 0 Å². The molecular weight excluding hydrogens is 301 g/mol. The van der Waals surface area contributed by atoms with Crippen molar-refractivity contribution in [2.24, 2.45) is 0 Å². The van der Waals surface area contributed by atoms with Crippen LogP contribution >= 0.6 is 0 Å². The van der Waals surface area contributed by atoms with Gasteiger partial charge in [0.25, 0.3) is 0 Å². The van der Waals surface area contributed by atoms with Crippen LogP contribution in [-0.2, 0) is 10.0 Å². The SMILES string of the molecule is CCC(C)(CCO)NS(=O)(=O)c1ccc(F)c(C(=O)O)c1. The Morgan fingerprint density at radius 3 is 2.52 bits per heavy atom. The van der Waals surface area contributed by atoms with Gasteiger partial charge in [-0.1, -0.05) is 6.92 Å². The number of hydrogen-bond donors (Lipinski definition) is 3. The molecule has 0 aliphatic carbocycles. The fourth-order valence-corrected chi connectivity index (χ4v) is 3.30. The zero-order chi connectivity index (χ0) is 16.3. The smallest absolute Gasteiger partial charge is 0.338 e. The summed E-state index contributed by atoms with van der Waals surface area (Å²) < 4.78 is 40.2. The van der Waals surface area contributed by atoms with Gasteiger partial charge >= 0.3 is 5.97 Å². The van der Waals surface area contributed by atoms with Gasteiger partial charge in [-0.3, -0.25) is 0 Å². The third-order valence-electron chi connectivity index (χ3n) is 3.30. The van der Waals surface area contributed by atoms with Gasteiger partial charge in [-0.2, -0.15) is 0 Å². The van der Waals surface area contributed by atoms with Gasteiger partial charge in [0.15, 0.2) is 0 Å². The lowest BCUT2D eigenvalue weighted by Gasteiger charge is -2.28. The lowest BCUT2D eigenvalue weighted by molar-refractivity contribution is 0.0691. The molecule has 8 heteroatoms. The summed E-state index contributed by atoms with van der Waals surface area (Å²) in [5.74, 6) is -2.55. The van der Waals surface area contributed by atoms with Crippen molar-refractivity contribution in [2.45, 2.75) is 37.1 Å². The second kappa shape index (κ2) is 6.50. The molecule has 0 radical (unpaired) electrons. The quantitative estimate of drug-likeness (QED) is 0.704. The Morgan fingerprint density at radius 2 is 2.05 bits per heavy atom. The maximum Gasteiger partial charge on any atom is 0.338 e. The average molecular weight is 319 g/mol. The van der Waals surface area contributed by atoms with Gasteiger partial charge in [0, 0.05) is 12.1 Å². The number of aromatic carboxylic acids is 1. The van der Waals surface area contributed by atoms with Crippen molar-refractivity contribution in [1.29, 1.82) is 0 Å². The van der Waals surface area contributed by atoms with E-state index < -0.39 is 32.9 Å². The number of aliphatic hydroxyl groups excluding tert-OH is 1. The molecule has 0 aliphatic heterocycles. The number of carboxylic acid groups (broad SMARTS) is 1. The molecule has 21 heavy (non-hydrogen) atoms. The zero-order valence-electron chi connectivity index (χ0n) is 11.8. The van der Waals surface area contributed by atoms with Crippen LogP contribution < -0.4 is 4.72 Å². The predicted molar refractivity (Wildman–Crippen MR) is 74.1 cm³/mol. The van der Waals surface area contributed by atoms with Crippen LogP contribution in [0.5, 0.6) is 0 Å². The summed E-state index contributed by atoms with van der Waals surface area (Å²) in [5, 5.41) is 17.8. The van der Waals surface area contributed by atoms with Gasteiger partial charge in [-0.05, 0) is 38.0 Å². The molecule has 0 fully saturated rings. The first-order valence-electron chi connectivity index (χ1n) is 6.33. The third-order valence-corrected chi connectivity index (χ3v) is 4.94. The van der Waals surface area contributed by atoms with E-state index in [-0.39, 0.29) is 17.9 Å². The summed E-state index contributed by atoms with van der Waals surface area (Å²) in [6.07, 6.45) is 0.634. The molecule has 0 heterocycles. The maximum absolute atomic E-state index is 13.3. The van der Waals surface area contributed by atoms with E-state index in [4.69, 9.17) is 10.2 Å². The molecule has 1 rings (SSSR count). The number of nitrogens with one attached hydrogen (secondary N) is 1. The fourth-order valence-electron chi connectivity index (χ4n) is 1.77. The number of halogens is 1. The molecule has 0 bridgehead atoms. The second-order valence-electron chi connectivity index (χ2n) is 4.94. The molecule has 0 saturated heterocycles. The van der Waals surface area contributed by atoms with Crippen LogP contribution in [0.2, 0.25) is 0 Å². The molecule has 0 aliphatic rings. The Morgan fingerprint density at radius 1 is 1.43 bits per heavy atom. The monoisotopic (exact) mass is 319 g/mol. The van der Waals surface area contributed by atoms with Crippen molar-refractivity contribution in [3.63, 3.8) is 0 Å². The summed E-state index contributed by atoms with van der Waals surface area (Å²) in [6.45, 7) is 3.19. The van der Waals surface area contributed by atoms with Gasteiger partial charge in [0.1, 0.15) is 5.82 Å². The van der Waals surface area contributed by atoms with Gasteiger partial charge < -0.3 is 10.2 Å². The van der Waals surface area contributed by atoms with Crippen LogP contribution in [0.15, 0.2) is 23.1 Å². The highest BCUT2D eigenvalue weighted by molar-refractivity contribution is 7.89. The minimum absolute atomic E-state index is 0.198. The number of benzene rings is 1. The molecule has 1 aromatic carbocycles. The van der Waals surface area contributed by atoms with E-state index >= 15 is 0 Å². The lowest BCUT2D eigenvalue weighted by Crippen LogP contribution is -2.46. The van der Waals surface area contributed by atoms with Crippen molar-refractivity contribution in [3.05, 3.63) is 29.6 Å². The van der Waals surface area contributed by atoms with E-state index in [0.29, 0.717) is 6.42 Å². The summed E-state index contributed by atoms with van der Waals surface area (Å²) >= 11 is 0. The second-order valence-corrected chi connectivity index (χ2v) is 6.62. The Bertz CT molecular complexity index is 631. The molecule has 0 aromatic heterocycles. The molecule has 3 N–H and O–H groups in total. The molecule has 0 spiro atoms. The van der Waals surface area contributed by atoms with Crippen LogP contribution in [0.25, 0.3) is 0 Å². The number of rotatable bonds is 7. The van der Waals surface area contributed by atoms with Crippen molar-refractivity contribution in [1.82, 2.24) is 4.72 Å². The van der Waals surface area contributed by atoms with Crippen molar-refractivity contribution in [2.75, 3.05) is 6.61 Å². The fraction of sp³-hybridized carbons (Fsp3) is 0.462. The highest BCUT2D eigenvalue weighted by Gasteiger charge is 2.29. The first kappa shape index (κ1) is 17.5. The number of carboxylic acids is 1. The van der Waals surface area contributed by atoms with Crippen LogP contribution in [0.4, 0.5) is 4.39 Å². The lowest BCUT2D eigenvalue weighted by atomic mass is 9.97. The van der Waals surface area contributed by atoms with Crippen LogP contribution in [-0.4, -0.2) is 36.7 Å². The molecule has 1 atom stereocenters. The summed E-state index contributed by atoms with van der Waals surface area (Å²) in [4.78, 5) is 10.5. The summed E-state index contributed by atoms with van der Waals surface area (Å²) in [5.41, 5.74) is -1.58. The van der Waals surface area contributed by atoms with E-state index in [9.17, 15) is 17.6 Å². The zero-order valence-corrected chi connectivity index (χ0v) is 12.6. The van der Waals surface area contributed by atoms with Gasteiger partial charge in [-0.15, -0.1) is 0 Å². The Labute approximate surface area is 122 Å². The van der Waals surface area contributed by atoms with E-state index in [0.717, 1.165) is 18.2 Å².